The van der Waals surface area contributed by atoms with E-state index in [9.17, 15) is 24.3 Å². The van der Waals surface area contributed by atoms with Gasteiger partial charge in [-0.2, -0.15) is 0 Å². The van der Waals surface area contributed by atoms with Gasteiger partial charge in [0.25, 0.3) is 11.7 Å². The van der Waals surface area contributed by atoms with Crippen LogP contribution >= 0.6 is 0 Å². The quantitative estimate of drug-likeness (QED) is 0.296. The molecular formula is C30H50N2O7. The Morgan fingerprint density at radius 1 is 1.00 bits per heavy atom. The predicted octanol–water partition coefficient (Wildman–Crippen LogP) is 3.18. The predicted molar refractivity (Wildman–Crippen MR) is 147 cm³/mol. The van der Waals surface area contributed by atoms with Crippen molar-refractivity contribution >= 4 is 23.4 Å². The van der Waals surface area contributed by atoms with Gasteiger partial charge < -0.3 is 25.2 Å². The number of nitrogens with two attached hydrogens (primary N) is 1. The molecule has 0 bridgehead atoms. The summed E-state index contributed by atoms with van der Waals surface area (Å²) in [5, 5.41) is 11.1. The van der Waals surface area contributed by atoms with E-state index in [1.165, 1.54) is 4.90 Å². The summed E-state index contributed by atoms with van der Waals surface area (Å²) in [5.74, 6) is -1.31. The van der Waals surface area contributed by atoms with Gasteiger partial charge in [0.15, 0.2) is 5.78 Å². The molecule has 2 saturated carbocycles. The fraction of sp³-hybridized carbons (Fsp3) is 0.867. The molecule has 0 aromatic rings. The second-order valence-corrected chi connectivity index (χ2v) is 12.5. The average Bonchev–Trinajstić information content (AvgIpc) is 2.94. The Hall–Kier alpha value is -1.84. The van der Waals surface area contributed by atoms with Crippen LogP contribution in [0.15, 0.2) is 0 Å². The molecule has 39 heavy (non-hydrogen) atoms. The second-order valence-electron chi connectivity index (χ2n) is 12.5. The highest BCUT2D eigenvalue weighted by Gasteiger charge is 2.48. The van der Waals surface area contributed by atoms with Gasteiger partial charge in [-0.25, -0.2) is 0 Å². The maximum atomic E-state index is 13.5. The zero-order chi connectivity index (χ0) is 28.7. The van der Waals surface area contributed by atoms with Crippen molar-refractivity contribution in [2.45, 2.75) is 122 Å². The summed E-state index contributed by atoms with van der Waals surface area (Å²) in [4.78, 5) is 53.1. The van der Waals surface area contributed by atoms with Gasteiger partial charge in [0.05, 0.1) is 18.7 Å². The van der Waals surface area contributed by atoms with E-state index in [2.05, 4.69) is 13.8 Å². The Morgan fingerprint density at radius 3 is 2.38 bits per heavy atom. The van der Waals surface area contributed by atoms with Crippen molar-refractivity contribution in [2.75, 3.05) is 20.2 Å². The van der Waals surface area contributed by atoms with Crippen LogP contribution in [-0.2, 0) is 28.7 Å². The van der Waals surface area contributed by atoms with Crippen LogP contribution in [0, 0.1) is 23.7 Å². The van der Waals surface area contributed by atoms with Crippen LogP contribution in [0.5, 0.6) is 0 Å². The third-order valence-electron chi connectivity index (χ3n) is 9.77. The van der Waals surface area contributed by atoms with Crippen molar-refractivity contribution in [1.29, 1.82) is 0 Å². The number of piperidine rings is 1. The van der Waals surface area contributed by atoms with Crippen LogP contribution in [0.3, 0.4) is 0 Å². The number of methoxy groups -OCH3 is 1. The fourth-order valence-electron chi connectivity index (χ4n) is 6.90. The van der Waals surface area contributed by atoms with Gasteiger partial charge >= 0.3 is 5.97 Å². The Morgan fingerprint density at radius 2 is 1.72 bits per heavy atom. The summed E-state index contributed by atoms with van der Waals surface area (Å²) >= 11 is 0. The molecule has 1 heterocycles. The number of hydrogen-bond donors (Lipinski definition) is 2. The van der Waals surface area contributed by atoms with Crippen LogP contribution in [0.4, 0.5) is 0 Å². The highest BCUT2D eigenvalue weighted by atomic mass is 16.6. The number of nitrogens with zero attached hydrogens (tertiary/aromatic N) is 1. The molecule has 0 aromatic carbocycles. The molecule has 0 aromatic heterocycles. The average molecular weight is 551 g/mol. The lowest BCUT2D eigenvalue weighted by atomic mass is 9.73. The molecule has 3 fully saturated rings. The minimum Gasteiger partial charge on any atom is -0.459 e. The van der Waals surface area contributed by atoms with Gasteiger partial charge in [0.2, 0.25) is 0 Å². The second kappa shape index (κ2) is 14.2. The molecule has 5 unspecified atom stereocenters. The number of aliphatic hydroxyl groups is 1. The zero-order valence-corrected chi connectivity index (χ0v) is 24.4. The van der Waals surface area contributed by atoms with Crippen molar-refractivity contribution < 1.29 is 33.8 Å². The summed E-state index contributed by atoms with van der Waals surface area (Å²) in [6, 6.07) is -0.599. The van der Waals surface area contributed by atoms with Crippen LogP contribution < -0.4 is 5.73 Å². The van der Waals surface area contributed by atoms with Crippen molar-refractivity contribution in [3.05, 3.63) is 0 Å². The molecule has 2 aliphatic carbocycles. The third kappa shape index (κ3) is 7.67. The van der Waals surface area contributed by atoms with E-state index < -0.39 is 29.3 Å². The Kier molecular flexibility index (Phi) is 11.5. The number of carbonyl (C=O) groups is 4. The number of ether oxygens (including phenoxy) is 2. The van der Waals surface area contributed by atoms with E-state index in [0.717, 1.165) is 57.8 Å². The van der Waals surface area contributed by atoms with E-state index >= 15 is 0 Å². The summed E-state index contributed by atoms with van der Waals surface area (Å²) in [6.45, 7) is 6.31. The highest BCUT2D eigenvalue weighted by molar-refractivity contribution is 6.39. The van der Waals surface area contributed by atoms with Crippen molar-refractivity contribution in [3.8, 4) is 0 Å². The van der Waals surface area contributed by atoms with E-state index in [0.29, 0.717) is 31.7 Å². The Balaban J connectivity index is 1.56. The van der Waals surface area contributed by atoms with Crippen LogP contribution in [0.1, 0.15) is 97.8 Å². The maximum Gasteiger partial charge on any atom is 0.320 e. The lowest BCUT2D eigenvalue weighted by Gasteiger charge is -2.40. The molecule has 3 rings (SSSR count). The minimum absolute atomic E-state index is 0.00561. The number of esters is 1. The van der Waals surface area contributed by atoms with Crippen molar-refractivity contribution in [1.82, 2.24) is 4.90 Å². The SMILES string of the molecule is CO[C@@H]1CC(C[C@@H](C)[C@H](C)CC(=O)C2CCCCN2C(=O)C(=O)C2(O)CCCCC2C)CCC1OC(=O)CN. The first kappa shape index (κ1) is 31.7. The standard InChI is InChI=1S/C30H50N2O7/c1-19(15-22-11-12-25(26(17-22)38-4)39-27(34)18-31)20(2)16-24(33)23-10-6-8-14-32(23)29(36)28(35)30(37)13-7-5-9-21(30)3/h19-23,25-26,37H,5-18,31H2,1-4H3/t19-,20-,21?,22?,23?,25?,26-,30?/m1/s1. The normalized spacial score (nSPS) is 33.2. The van der Waals surface area contributed by atoms with Gasteiger partial charge in [0.1, 0.15) is 11.7 Å². The number of hydrogen-bond acceptors (Lipinski definition) is 8. The molecule has 9 heteroatoms. The third-order valence-corrected chi connectivity index (χ3v) is 9.77. The molecule has 8 atom stereocenters. The van der Waals surface area contributed by atoms with E-state index in [1.807, 2.05) is 6.92 Å². The van der Waals surface area contributed by atoms with Crippen molar-refractivity contribution in [2.24, 2.45) is 29.4 Å². The molecular weight excluding hydrogens is 500 g/mol. The number of likely N-dealkylation sites (tertiary alicyclic amines) is 1. The summed E-state index contributed by atoms with van der Waals surface area (Å²) < 4.78 is 11.1. The molecule has 9 nitrogen and oxygen atoms in total. The summed E-state index contributed by atoms with van der Waals surface area (Å²) in [6.07, 6.45) is 8.14. The topological polar surface area (TPSA) is 136 Å². The first-order valence-electron chi connectivity index (χ1n) is 15.0. The molecule has 1 aliphatic heterocycles. The lowest BCUT2D eigenvalue weighted by molar-refractivity contribution is -0.163. The number of carbonyl (C=O) groups excluding carboxylic acids is 4. The molecule has 1 saturated heterocycles. The number of Topliss-reactive ketones (excluding diaryl/α,β-unsaturated/α-hetero) is 2. The first-order chi connectivity index (χ1) is 18.5. The van der Waals surface area contributed by atoms with E-state index in [4.69, 9.17) is 15.2 Å². The molecule has 0 radical (unpaired) electrons. The number of ketones is 2. The van der Waals surface area contributed by atoms with Crippen LogP contribution in [0.2, 0.25) is 0 Å². The molecule has 3 N–H and O–H groups in total. The van der Waals surface area contributed by atoms with Crippen LogP contribution in [-0.4, -0.2) is 77.5 Å². The zero-order valence-electron chi connectivity index (χ0n) is 24.4. The smallest absolute Gasteiger partial charge is 0.320 e. The fourth-order valence-corrected chi connectivity index (χ4v) is 6.90. The van der Waals surface area contributed by atoms with Gasteiger partial charge in [0, 0.05) is 20.1 Å². The van der Waals surface area contributed by atoms with Gasteiger partial charge in [-0.1, -0.05) is 33.6 Å². The lowest BCUT2D eigenvalue weighted by Crippen LogP contribution is -2.58. The highest BCUT2D eigenvalue weighted by Crippen LogP contribution is 2.37. The maximum absolute atomic E-state index is 13.5. The van der Waals surface area contributed by atoms with Gasteiger partial charge in [-0.3, -0.25) is 19.2 Å². The molecule has 1 amide bonds. The van der Waals surface area contributed by atoms with Gasteiger partial charge in [-0.05, 0) is 81.5 Å². The van der Waals surface area contributed by atoms with Crippen LogP contribution in [0.25, 0.3) is 0 Å². The Labute approximate surface area is 233 Å². The monoisotopic (exact) mass is 550 g/mol. The first-order valence-corrected chi connectivity index (χ1v) is 15.0. The van der Waals surface area contributed by atoms with Crippen molar-refractivity contribution in [3.63, 3.8) is 0 Å². The molecule has 3 aliphatic rings. The van der Waals surface area contributed by atoms with E-state index in [-0.39, 0.29) is 42.3 Å². The largest absolute Gasteiger partial charge is 0.459 e. The minimum atomic E-state index is -1.62. The Bertz CT molecular complexity index is 879. The molecule has 222 valence electrons. The van der Waals surface area contributed by atoms with Gasteiger partial charge in [-0.15, -0.1) is 0 Å². The number of rotatable bonds is 11. The van der Waals surface area contributed by atoms with E-state index in [1.54, 1.807) is 7.11 Å². The summed E-state index contributed by atoms with van der Waals surface area (Å²) in [5.41, 5.74) is 3.77. The number of amides is 1. The molecule has 0 spiro atoms. The summed E-state index contributed by atoms with van der Waals surface area (Å²) in [7, 11) is 1.64.